The van der Waals surface area contributed by atoms with Crippen LogP contribution in [0.3, 0.4) is 0 Å². The molecule has 2 aliphatic heterocycles. The van der Waals surface area contributed by atoms with Gasteiger partial charge in [0, 0.05) is 44.3 Å². The second-order valence-electron chi connectivity index (χ2n) is 7.65. The van der Waals surface area contributed by atoms with Crippen LogP contribution < -0.4 is 4.90 Å². The predicted molar refractivity (Wildman–Crippen MR) is 113 cm³/mol. The summed E-state index contributed by atoms with van der Waals surface area (Å²) in [6.45, 7) is 4.84. The number of amides is 1. The summed E-state index contributed by atoms with van der Waals surface area (Å²) in [5.74, 6) is -0.137. The summed E-state index contributed by atoms with van der Waals surface area (Å²) >= 11 is 0. The minimum Gasteiger partial charge on any atom is -0.379 e. The van der Waals surface area contributed by atoms with E-state index in [2.05, 4.69) is 4.98 Å². The second-order valence-corrected chi connectivity index (χ2v) is 9.59. The number of anilines is 1. The van der Waals surface area contributed by atoms with E-state index >= 15 is 0 Å². The molecule has 0 radical (unpaired) electrons. The average molecular weight is 449 g/mol. The van der Waals surface area contributed by atoms with Crippen molar-refractivity contribution in [3.05, 3.63) is 54.0 Å². The van der Waals surface area contributed by atoms with Crippen molar-refractivity contribution >= 4 is 21.7 Å². The number of piperazine rings is 1. The summed E-state index contributed by atoms with van der Waals surface area (Å²) in [5, 5.41) is 0. The van der Waals surface area contributed by atoms with Crippen LogP contribution >= 0.6 is 0 Å². The number of benzene rings is 1. The number of morpholine rings is 1. The van der Waals surface area contributed by atoms with Crippen LogP contribution in [0.1, 0.15) is 17.3 Å². The summed E-state index contributed by atoms with van der Waals surface area (Å²) < 4.78 is 45.6. The van der Waals surface area contributed by atoms with E-state index in [9.17, 15) is 17.6 Å². The highest BCUT2D eigenvalue weighted by Gasteiger charge is 2.29. The molecule has 8 nitrogen and oxygen atoms in total. The van der Waals surface area contributed by atoms with E-state index in [-0.39, 0.29) is 16.8 Å². The summed E-state index contributed by atoms with van der Waals surface area (Å²) in [6.07, 6.45) is 0. The van der Waals surface area contributed by atoms with Gasteiger partial charge < -0.3 is 14.5 Å². The van der Waals surface area contributed by atoms with Crippen molar-refractivity contribution in [1.29, 1.82) is 0 Å². The van der Waals surface area contributed by atoms with E-state index < -0.39 is 16.0 Å². The Labute approximate surface area is 181 Å². The van der Waals surface area contributed by atoms with Gasteiger partial charge >= 0.3 is 0 Å². The zero-order valence-electron chi connectivity index (χ0n) is 17.3. The van der Waals surface area contributed by atoms with Gasteiger partial charge in [-0.2, -0.15) is 8.70 Å². The van der Waals surface area contributed by atoms with E-state index in [1.54, 1.807) is 29.2 Å². The second kappa shape index (κ2) is 8.89. The molecule has 0 aliphatic carbocycles. The van der Waals surface area contributed by atoms with Gasteiger partial charge in [-0.05, 0) is 43.3 Å². The van der Waals surface area contributed by atoms with E-state index in [4.69, 9.17) is 4.74 Å². The summed E-state index contributed by atoms with van der Waals surface area (Å²) in [4.78, 5) is 20.8. The number of sulfonamides is 1. The van der Waals surface area contributed by atoms with Crippen molar-refractivity contribution in [2.75, 3.05) is 50.8 Å². The fraction of sp³-hybridized carbons (Fsp3) is 0.429. The van der Waals surface area contributed by atoms with Crippen molar-refractivity contribution in [2.24, 2.45) is 0 Å². The van der Waals surface area contributed by atoms with Crippen LogP contribution in [0, 0.1) is 5.95 Å². The van der Waals surface area contributed by atoms with Gasteiger partial charge in [-0.3, -0.25) is 4.79 Å². The lowest BCUT2D eigenvalue weighted by Gasteiger charge is -2.40. The number of nitrogens with zero attached hydrogens (tertiary/aromatic N) is 4. The van der Waals surface area contributed by atoms with E-state index in [0.29, 0.717) is 57.3 Å². The van der Waals surface area contributed by atoms with Gasteiger partial charge in [0.15, 0.2) is 0 Å². The quantitative estimate of drug-likeness (QED) is 0.661. The Bertz CT molecular complexity index is 1040. The van der Waals surface area contributed by atoms with Gasteiger partial charge in [-0.15, -0.1) is 0 Å². The molecule has 31 heavy (non-hydrogen) atoms. The van der Waals surface area contributed by atoms with Gasteiger partial charge in [0.25, 0.3) is 5.91 Å². The minimum absolute atomic E-state index is 0.0343. The topological polar surface area (TPSA) is 83.0 Å². The number of halogens is 1. The molecular weight excluding hydrogens is 423 g/mol. The van der Waals surface area contributed by atoms with Crippen LogP contribution in [-0.4, -0.2) is 80.5 Å². The maximum atomic E-state index is 13.5. The molecule has 1 amide bonds. The number of hydrogen-bond acceptors (Lipinski definition) is 6. The predicted octanol–water partition coefficient (Wildman–Crippen LogP) is 1.59. The first-order chi connectivity index (χ1) is 14.9. The minimum atomic E-state index is -3.60. The lowest BCUT2D eigenvalue weighted by atomic mass is 10.1. The number of ether oxygens (including phenoxy) is 1. The van der Waals surface area contributed by atoms with Gasteiger partial charge in [0.2, 0.25) is 16.0 Å². The van der Waals surface area contributed by atoms with E-state index in [0.717, 1.165) is 0 Å². The van der Waals surface area contributed by atoms with Crippen LogP contribution in [0.4, 0.5) is 10.2 Å². The molecule has 1 aromatic heterocycles. The zero-order chi connectivity index (χ0) is 22.0. The highest BCUT2D eigenvalue weighted by atomic mass is 32.2. The molecule has 166 valence electrons. The monoisotopic (exact) mass is 448 g/mol. The molecule has 0 spiro atoms. The lowest BCUT2D eigenvalue weighted by molar-refractivity contribution is 0.0725. The first-order valence-electron chi connectivity index (χ1n) is 10.2. The Balaban J connectivity index is 1.43. The molecule has 0 N–H and O–H groups in total. The third-order valence-corrected chi connectivity index (χ3v) is 7.53. The molecule has 0 saturated carbocycles. The largest absolute Gasteiger partial charge is 0.379 e. The van der Waals surface area contributed by atoms with Crippen molar-refractivity contribution < 1.29 is 22.3 Å². The standard InChI is InChI=1S/C21H25FN4O4S/c1-16-15-24(9-10-26(16)20-4-2-3-19(22)23-20)21(27)17-5-7-18(8-6-17)31(28,29)25-11-13-30-14-12-25/h2-8,16H,9-15H2,1H3. The van der Waals surface area contributed by atoms with E-state index in [1.807, 2.05) is 11.8 Å². The SMILES string of the molecule is CC1CN(C(=O)c2ccc(S(=O)(=O)N3CCOCC3)cc2)CCN1c1cccc(F)n1. The van der Waals surface area contributed by atoms with Gasteiger partial charge in [0.1, 0.15) is 5.82 Å². The Morgan fingerprint density at radius 2 is 1.77 bits per heavy atom. The van der Waals surface area contributed by atoms with Crippen molar-refractivity contribution in [2.45, 2.75) is 17.9 Å². The molecule has 3 heterocycles. The lowest BCUT2D eigenvalue weighted by Crippen LogP contribution is -2.54. The van der Waals surface area contributed by atoms with Gasteiger partial charge in [-0.25, -0.2) is 13.4 Å². The summed E-state index contributed by atoms with van der Waals surface area (Å²) in [5.41, 5.74) is 0.436. The average Bonchev–Trinajstić information content (AvgIpc) is 2.79. The highest BCUT2D eigenvalue weighted by Crippen LogP contribution is 2.22. The fourth-order valence-electron chi connectivity index (χ4n) is 3.93. The molecule has 1 atom stereocenters. The molecular formula is C21H25FN4O4S. The van der Waals surface area contributed by atoms with Crippen LogP contribution in [0.5, 0.6) is 0 Å². The van der Waals surface area contributed by atoms with Crippen LogP contribution in [0.25, 0.3) is 0 Å². The third-order valence-electron chi connectivity index (χ3n) is 5.62. The smallest absolute Gasteiger partial charge is 0.253 e. The first-order valence-corrected chi connectivity index (χ1v) is 11.7. The molecule has 1 aromatic carbocycles. The highest BCUT2D eigenvalue weighted by molar-refractivity contribution is 7.89. The number of carbonyl (C=O) groups excluding carboxylic acids is 1. The molecule has 4 rings (SSSR count). The first kappa shape index (κ1) is 21.7. The maximum Gasteiger partial charge on any atom is 0.253 e. The summed E-state index contributed by atoms with van der Waals surface area (Å²) in [7, 11) is -3.60. The van der Waals surface area contributed by atoms with Crippen LogP contribution in [0.15, 0.2) is 47.4 Å². The van der Waals surface area contributed by atoms with Gasteiger partial charge in [0.05, 0.1) is 18.1 Å². The van der Waals surface area contributed by atoms with Crippen LogP contribution in [-0.2, 0) is 14.8 Å². The number of rotatable bonds is 4. The molecule has 2 fully saturated rings. The third kappa shape index (κ3) is 4.56. The van der Waals surface area contributed by atoms with Gasteiger partial charge in [-0.1, -0.05) is 6.07 Å². The Kier molecular flexibility index (Phi) is 6.22. The molecule has 0 bridgehead atoms. The van der Waals surface area contributed by atoms with Crippen molar-refractivity contribution in [3.8, 4) is 0 Å². The van der Waals surface area contributed by atoms with Crippen LogP contribution in [0.2, 0.25) is 0 Å². The molecule has 2 aromatic rings. The molecule has 2 aliphatic rings. The Hall–Kier alpha value is -2.56. The molecule has 2 saturated heterocycles. The maximum absolute atomic E-state index is 13.5. The van der Waals surface area contributed by atoms with E-state index in [1.165, 1.54) is 22.5 Å². The zero-order valence-corrected chi connectivity index (χ0v) is 18.1. The number of pyridine rings is 1. The Morgan fingerprint density at radius 3 is 2.42 bits per heavy atom. The number of hydrogen-bond donors (Lipinski definition) is 0. The molecule has 1 unspecified atom stereocenters. The summed E-state index contributed by atoms with van der Waals surface area (Å²) in [6, 6.07) is 10.7. The van der Waals surface area contributed by atoms with Crippen molar-refractivity contribution in [1.82, 2.24) is 14.2 Å². The fourth-order valence-corrected chi connectivity index (χ4v) is 5.34. The molecule has 10 heteroatoms. The van der Waals surface area contributed by atoms with Crippen molar-refractivity contribution in [3.63, 3.8) is 0 Å². The number of aromatic nitrogens is 1. The Morgan fingerprint density at radius 1 is 1.06 bits per heavy atom. The number of carbonyl (C=O) groups is 1. The normalized spacial score (nSPS) is 20.6.